The number of aliphatic hydroxyl groups excluding tert-OH is 1. The first-order valence-electron chi connectivity index (χ1n) is 3.89. The molecule has 0 heterocycles. The van der Waals surface area contributed by atoms with Crippen LogP contribution in [0.5, 0.6) is 0 Å². The highest BCUT2D eigenvalue weighted by Crippen LogP contribution is 2.14. The molecule has 0 aliphatic heterocycles. The second-order valence-corrected chi connectivity index (χ2v) is 2.77. The molecule has 0 unspecified atom stereocenters. The molecule has 0 amide bonds. The topological polar surface area (TPSA) is 49.5 Å². The van der Waals surface area contributed by atoms with Gasteiger partial charge in [0.25, 0.3) is 0 Å². The molecule has 0 radical (unpaired) electrons. The van der Waals surface area contributed by atoms with Crippen molar-refractivity contribution in [2.75, 3.05) is 13.7 Å². The van der Waals surface area contributed by atoms with Crippen LogP contribution in [0, 0.1) is 0 Å². The first kappa shape index (κ1) is 9.19. The van der Waals surface area contributed by atoms with E-state index in [-0.39, 0.29) is 12.6 Å². The van der Waals surface area contributed by atoms with E-state index < -0.39 is 0 Å². The van der Waals surface area contributed by atoms with Crippen LogP contribution in [0.15, 0.2) is 30.3 Å². The van der Waals surface area contributed by atoms with Gasteiger partial charge in [0.05, 0.1) is 12.6 Å². The Labute approximate surface area is 72.4 Å². The molecule has 0 spiro atoms. The lowest BCUT2D eigenvalue weighted by molar-refractivity contribution is 0.149. The van der Waals surface area contributed by atoms with Crippen LogP contribution in [-0.2, 0) is 0 Å². The summed E-state index contributed by atoms with van der Waals surface area (Å²) in [5.41, 5.74) is 1.03. The van der Waals surface area contributed by atoms with Gasteiger partial charge in [-0.2, -0.15) is 0 Å². The lowest BCUT2D eigenvalue weighted by Gasteiger charge is -2.21. The van der Waals surface area contributed by atoms with Gasteiger partial charge in [-0.15, -0.1) is 0 Å². The zero-order valence-electron chi connectivity index (χ0n) is 7.14. The highest BCUT2D eigenvalue weighted by Gasteiger charge is 2.11. The predicted molar refractivity (Wildman–Crippen MR) is 48.2 cm³/mol. The highest BCUT2D eigenvalue weighted by atomic mass is 16.3. The van der Waals surface area contributed by atoms with Gasteiger partial charge < -0.3 is 5.11 Å². The van der Waals surface area contributed by atoms with Gasteiger partial charge in [-0.1, -0.05) is 30.3 Å². The summed E-state index contributed by atoms with van der Waals surface area (Å²) in [6, 6.07) is 9.59. The molecule has 0 saturated carbocycles. The van der Waals surface area contributed by atoms with Crippen molar-refractivity contribution in [2.24, 2.45) is 5.84 Å². The normalized spacial score (nSPS) is 13.3. The molecule has 0 aliphatic rings. The van der Waals surface area contributed by atoms with Crippen molar-refractivity contribution in [3.05, 3.63) is 35.9 Å². The monoisotopic (exact) mass is 166 g/mol. The number of benzene rings is 1. The van der Waals surface area contributed by atoms with Crippen LogP contribution in [0.4, 0.5) is 0 Å². The number of rotatable bonds is 3. The molecule has 0 bridgehead atoms. The maximum absolute atomic E-state index is 9.03. The molecule has 3 nitrogen and oxygen atoms in total. The van der Waals surface area contributed by atoms with E-state index >= 15 is 0 Å². The summed E-state index contributed by atoms with van der Waals surface area (Å²) in [5.74, 6) is 5.55. The molecule has 1 aromatic carbocycles. The van der Waals surface area contributed by atoms with E-state index in [2.05, 4.69) is 0 Å². The van der Waals surface area contributed by atoms with Crippen LogP contribution in [0.2, 0.25) is 0 Å². The molecule has 0 aliphatic carbocycles. The highest BCUT2D eigenvalue weighted by molar-refractivity contribution is 5.18. The zero-order chi connectivity index (χ0) is 8.97. The number of hydrogen-bond acceptors (Lipinski definition) is 3. The molecule has 1 atom stereocenters. The van der Waals surface area contributed by atoms with E-state index in [1.807, 2.05) is 30.3 Å². The van der Waals surface area contributed by atoms with Gasteiger partial charge in [0, 0.05) is 7.05 Å². The molecule has 3 heteroatoms. The smallest absolute Gasteiger partial charge is 0.0718 e. The largest absolute Gasteiger partial charge is 0.394 e. The molecular formula is C9H14N2O. The molecule has 0 aromatic heterocycles. The minimum atomic E-state index is -0.105. The van der Waals surface area contributed by atoms with E-state index in [1.54, 1.807) is 7.05 Å². The van der Waals surface area contributed by atoms with Crippen LogP contribution in [-0.4, -0.2) is 23.8 Å². The third kappa shape index (κ3) is 2.04. The van der Waals surface area contributed by atoms with Crippen LogP contribution >= 0.6 is 0 Å². The summed E-state index contributed by atoms with van der Waals surface area (Å²) < 4.78 is 0. The Bertz CT molecular complexity index is 223. The summed E-state index contributed by atoms with van der Waals surface area (Å²) in [5, 5.41) is 10.5. The average molecular weight is 166 g/mol. The molecule has 0 fully saturated rings. The average Bonchev–Trinajstić information content (AvgIpc) is 2.07. The van der Waals surface area contributed by atoms with Crippen molar-refractivity contribution >= 4 is 0 Å². The Kier molecular flexibility index (Phi) is 3.22. The lowest BCUT2D eigenvalue weighted by Crippen LogP contribution is -2.33. The van der Waals surface area contributed by atoms with Crippen molar-refractivity contribution < 1.29 is 5.11 Å². The van der Waals surface area contributed by atoms with Crippen molar-refractivity contribution in [2.45, 2.75) is 6.04 Å². The van der Waals surface area contributed by atoms with Crippen molar-refractivity contribution in [3.8, 4) is 0 Å². The van der Waals surface area contributed by atoms with Crippen LogP contribution in [0.3, 0.4) is 0 Å². The molecule has 1 rings (SSSR count). The fourth-order valence-electron chi connectivity index (χ4n) is 1.14. The molecule has 1 aromatic rings. The van der Waals surface area contributed by atoms with E-state index in [4.69, 9.17) is 10.9 Å². The van der Waals surface area contributed by atoms with Crippen LogP contribution < -0.4 is 5.84 Å². The zero-order valence-corrected chi connectivity index (χ0v) is 7.14. The van der Waals surface area contributed by atoms with Gasteiger partial charge in [-0.3, -0.25) is 5.84 Å². The van der Waals surface area contributed by atoms with E-state index in [0.29, 0.717) is 0 Å². The van der Waals surface area contributed by atoms with Gasteiger partial charge in [-0.25, -0.2) is 5.01 Å². The summed E-state index contributed by atoms with van der Waals surface area (Å²) in [6.45, 7) is 0.0387. The minimum absolute atomic E-state index is 0.0387. The third-order valence-corrected chi connectivity index (χ3v) is 1.85. The summed E-state index contributed by atoms with van der Waals surface area (Å²) in [7, 11) is 1.74. The van der Waals surface area contributed by atoms with Crippen LogP contribution in [0.25, 0.3) is 0 Å². The van der Waals surface area contributed by atoms with E-state index in [1.165, 1.54) is 5.01 Å². The first-order valence-corrected chi connectivity index (χ1v) is 3.89. The first-order chi connectivity index (χ1) is 5.75. The Morgan fingerprint density at radius 1 is 1.42 bits per heavy atom. The van der Waals surface area contributed by atoms with Crippen LogP contribution in [0.1, 0.15) is 11.6 Å². The second kappa shape index (κ2) is 4.21. The molecule has 12 heavy (non-hydrogen) atoms. The summed E-state index contributed by atoms with van der Waals surface area (Å²) in [6.07, 6.45) is 0. The fraction of sp³-hybridized carbons (Fsp3) is 0.333. The SMILES string of the molecule is CN(N)[C@@H](CO)c1ccccc1. The molecule has 66 valence electrons. The summed E-state index contributed by atoms with van der Waals surface area (Å²) >= 11 is 0. The quantitative estimate of drug-likeness (QED) is 0.508. The summed E-state index contributed by atoms with van der Waals surface area (Å²) in [4.78, 5) is 0. The number of aliphatic hydroxyl groups is 1. The van der Waals surface area contributed by atoms with Gasteiger partial charge >= 0.3 is 0 Å². The number of hydrazine groups is 1. The molecular weight excluding hydrogens is 152 g/mol. The standard InChI is InChI=1S/C9H14N2O/c1-11(10)9(7-12)8-5-3-2-4-6-8/h2-6,9,12H,7,10H2,1H3/t9-/m0/s1. The Morgan fingerprint density at radius 3 is 2.42 bits per heavy atom. The third-order valence-electron chi connectivity index (χ3n) is 1.85. The Balaban J connectivity index is 2.80. The minimum Gasteiger partial charge on any atom is -0.394 e. The van der Waals surface area contributed by atoms with E-state index in [0.717, 1.165) is 5.56 Å². The number of nitrogens with zero attached hydrogens (tertiary/aromatic N) is 1. The van der Waals surface area contributed by atoms with E-state index in [9.17, 15) is 0 Å². The fourth-order valence-corrected chi connectivity index (χ4v) is 1.14. The second-order valence-electron chi connectivity index (χ2n) is 2.77. The van der Waals surface area contributed by atoms with Gasteiger partial charge in [0.2, 0.25) is 0 Å². The Hall–Kier alpha value is -0.900. The number of hydrogen-bond donors (Lipinski definition) is 2. The van der Waals surface area contributed by atoms with Gasteiger partial charge in [-0.05, 0) is 5.56 Å². The lowest BCUT2D eigenvalue weighted by atomic mass is 10.1. The maximum Gasteiger partial charge on any atom is 0.0718 e. The Morgan fingerprint density at radius 2 is 2.00 bits per heavy atom. The van der Waals surface area contributed by atoms with Crippen molar-refractivity contribution in [1.29, 1.82) is 0 Å². The predicted octanol–water partition coefficient (Wildman–Crippen LogP) is 0.525. The molecule has 0 saturated heterocycles. The molecule has 3 N–H and O–H groups in total. The van der Waals surface area contributed by atoms with Crippen molar-refractivity contribution in [3.63, 3.8) is 0 Å². The van der Waals surface area contributed by atoms with Crippen molar-refractivity contribution in [1.82, 2.24) is 5.01 Å². The van der Waals surface area contributed by atoms with Gasteiger partial charge in [0.1, 0.15) is 0 Å². The maximum atomic E-state index is 9.03. The number of nitrogens with two attached hydrogens (primary N) is 1. The van der Waals surface area contributed by atoms with Gasteiger partial charge in [0.15, 0.2) is 0 Å². The number of likely N-dealkylation sites (N-methyl/N-ethyl adjacent to an activating group) is 1.